The monoisotopic (exact) mass is 484 g/mol. The normalized spacial score (nSPS) is 13.4. The summed E-state index contributed by atoms with van der Waals surface area (Å²) >= 11 is 0. The lowest BCUT2D eigenvalue weighted by atomic mass is 10.1. The number of nitrogens with one attached hydrogen (secondary N) is 1. The summed E-state index contributed by atoms with van der Waals surface area (Å²) in [6.45, 7) is 4.43. The van der Waals surface area contributed by atoms with E-state index in [9.17, 15) is 9.18 Å². The summed E-state index contributed by atoms with van der Waals surface area (Å²) in [5.41, 5.74) is 1.65. The summed E-state index contributed by atoms with van der Waals surface area (Å²) in [5.74, 6) is 2.82. The summed E-state index contributed by atoms with van der Waals surface area (Å²) in [6, 6.07) is 18.6. The van der Waals surface area contributed by atoms with Gasteiger partial charge in [-0.15, -0.1) is 0 Å². The molecule has 4 aromatic rings. The molecule has 3 heterocycles. The number of rotatable bonds is 6. The first kappa shape index (κ1) is 23.2. The number of nitrogens with zero attached hydrogens (tertiary/aromatic N) is 5. The number of halogens is 1. The van der Waals surface area contributed by atoms with Crippen molar-refractivity contribution in [1.29, 1.82) is 0 Å². The standard InChI is InChI=1S/C27H25FN6O2/c1-19-9-10-29-24(15-19)32-25-17-26(31-18-30-25)33-11-13-34(14-12-33)27(35)20-3-2-4-23(16-20)36-22-7-5-21(28)6-8-22/h2-10,15-18H,11-14H2,1H3,(H,29,30,31,32). The number of amides is 1. The number of anilines is 3. The second-order valence-electron chi connectivity index (χ2n) is 8.47. The van der Waals surface area contributed by atoms with Crippen LogP contribution < -0.4 is 15.0 Å². The van der Waals surface area contributed by atoms with Gasteiger partial charge in [-0.2, -0.15) is 0 Å². The highest BCUT2D eigenvalue weighted by Gasteiger charge is 2.23. The molecule has 36 heavy (non-hydrogen) atoms. The number of carbonyl (C=O) groups excluding carboxylic acids is 1. The number of ether oxygens (including phenoxy) is 1. The van der Waals surface area contributed by atoms with E-state index in [0.717, 1.165) is 17.2 Å². The smallest absolute Gasteiger partial charge is 0.254 e. The number of pyridine rings is 1. The minimum absolute atomic E-state index is 0.0604. The molecule has 8 nitrogen and oxygen atoms in total. The Morgan fingerprint density at radius 3 is 2.44 bits per heavy atom. The van der Waals surface area contributed by atoms with Crippen molar-refractivity contribution < 1.29 is 13.9 Å². The van der Waals surface area contributed by atoms with Crippen molar-refractivity contribution in [3.63, 3.8) is 0 Å². The fourth-order valence-corrected chi connectivity index (χ4v) is 3.98. The second-order valence-corrected chi connectivity index (χ2v) is 8.47. The average Bonchev–Trinajstić information content (AvgIpc) is 2.90. The molecule has 9 heteroatoms. The fraction of sp³-hybridized carbons (Fsp3) is 0.185. The molecule has 1 fully saturated rings. The Hall–Kier alpha value is -4.53. The van der Waals surface area contributed by atoms with E-state index in [1.165, 1.54) is 18.5 Å². The predicted octanol–water partition coefficient (Wildman–Crippen LogP) is 4.82. The first-order chi connectivity index (χ1) is 17.5. The van der Waals surface area contributed by atoms with Gasteiger partial charge in [0.15, 0.2) is 0 Å². The summed E-state index contributed by atoms with van der Waals surface area (Å²) in [6.07, 6.45) is 3.28. The van der Waals surface area contributed by atoms with Crippen molar-refractivity contribution in [2.45, 2.75) is 6.92 Å². The van der Waals surface area contributed by atoms with E-state index in [4.69, 9.17) is 4.74 Å². The minimum Gasteiger partial charge on any atom is -0.457 e. The van der Waals surface area contributed by atoms with Crippen LogP contribution in [0.1, 0.15) is 15.9 Å². The van der Waals surface area contributed by atoms with E-state index in [1.54, 1.807) is 42.6 Å². The van der Waals surface area contributed by atoms with Crippen LogP contribution in [0.5, 0.6) is 11.5 Å². The number of benzene rings is 2. The number of aryl methyl sites for hydroxylation is 1. The third kappa shape index (κ3) is 5.57. The van der Waals surface area contributed by atoms with Gasteiger partial charge < -0.3 is 19.9 Å². The van der Waals surface area contributed by atoms with Gasteiger partial charge in [-0.3, -0.25) is 4.79 Å². The maximum absolute atomic E-state index is 13.1. The lowest BCUT2D eigenvalue weighted by Crippen LogP contribution is -2.49. The zero-order valence-electron chi connectivity index (χ0n) is 19.8. The highest BCUT2D eigenvalue weighted by Crippen LogP contribution is 2.24. The van der Waals surface area contributed by atoms with Crippen LogP contribution in [0.4, 0.5) is 21.8 Å². The Bertz CT molecular complexity index is 1360. The third-order valence-corrected chi connectivity index (χ3v) is 5.85. The first-order valence-electron chi connectivity index (χ1n) is 11.6. The number of aromatic nitrogens is 3. The summed E-state index contributed by atoms with van der Waals surface area (Å²) < 4.78 is 18.9. The van der Waals surface area contributed by atoms with Crippen molar-refractivity contribution in [3.05, 3.63) is 96.2 Å². The Morgan fingerprint density at radius 2 is 1.67 bits per heavy atom. The molecule has 1 N–H and O–H groups in total. The predicted molar refractivity (Wildman–Crippen MR) is 135 cm³/mol. The molecule has 0 atom stereocenters. The largest absolute Gasteiger partial charge is 0.457 e. The number of piperazine rings is 1. The Kier molecular flexibility index (Phi) is 6.70. The molecule has 2 aromatic carbocycles. The fourth-order valence-electron chi connectivity index (χ4n) is 3.98. The molecular formula is C27H25FN6O2. The van der Waals surface area contributed by atoms with Gasteiger partial charge >= 0.3 is 0 Å². The van der Waals surface area contributed by atoms with E-state index in [0.29, 0.717) is 49.1 Å². The number of carbonyl (C=O) groups is 1. The summed E-state index contributed by atoms with van der Waals surface area (Å²) in [5, 5.41) is 3.21. The van der Waals surface area contributed by atoms with Crippen LogP contribution in [-0.2, 0) is 0 Å². The molecule has 1 saturated heterocycles. The Morgan fingerprint density at radius 1 is 0.889 bits per heavy atom. The van der Waals surface area contributed by atoms with Crippen molar-refractivity contribution in [1.82, 2.24) is 19.9 Å². The lowest BCUT2D eigenvalue weighted by Gasteiger charge is -2.35. The molecule has 1 amide bonds. The molecule has 182 valence electrons. The van der Waals surface area contributed by atoms with Crippen LogP contribution in [0.15, 0.2) is 79.3 Å². The lowest BCUT2D eigenvalue weighted by molar-refractivity contribution is 0.0746. The molecule has 0 radical (unpaired) electrons. The van der Waals surface area contributed by atoms with Crippen LogP contribution in [0, 0.1) is 12.7 Å². The number of hydrogen-bond acceptors (Lipinski definition) is 7. The summed E-state index contributed by atoms with van der Waals surface area (Å²) in [4.78, 5) is 30.1. The zero-order valence-corrected chi connectivity index (χ0v) is 19.8. The van der Waals surface area contributed by atoms with Gasteiger partial charge in [-0.25, -0.2) is 19.3 Å². The summed E-state index contributed by atoms with van der Waals surface area (Å²) in [7, 11) is 0. The molecule has 1 aliphatic heterocycles. The molecule has 0 aliphatic carbocycles. The first-order valence-corrected chi connectivity index (χ1v) is 11.6. The number of hydrogen-bond donors (Lipinski definition) is 1. The average molecular weight is 485 g/mol. The Balaban J connectivity index is 1.20. The maximum atomic E-state index is 13.1. The zero-order chi connectivity index (χ0) is 24.9. The van der Waals surface area contributed by atoms with Crippen LogP contribution in [0.2, 0.25) is 0 Å². The molecule has 0 saturated carbocycles. The van der Waals surface area contributed by atoms with E-state index in [-0.39, 0.29) is 11.7 Å². The van der Waals surface area contributed by atoms with E-state index >= 15 is 0 Å². The van der Waals surface area contributed by atoms with Crippen molar-refractivity contribution >= 4 is 23.4 Å². The van der Waals surface area contributed by atoms with Gasteiger partial charge in [-0.1, -0.05) is 6.07 Å². The van der Waals surface area contributed by atoms with E-state index in [1.807, 2.05) is 30.0 Å². The van der Waals surface area contributed by atoms with Crippen LogP contribution >= 0.6 is 0 Å². The van der Waals surface area contributed by atoms with Gasteiger partial charge in [0.1, 0.15) is 41.1 Å². The van der Waals surface area contributed by atoms with Crippen LogP contribution in [-0.4, -0.2) is 51.9 Å². The van der Waals surface area contributed by atoms with Crippen molar-refractivity contribution in [2.75, 3.05) is 36.4 Å². The van der Waals surface area contributed by atoms with Crippen molar-refractivity contribution in [3.8, 4) is 11.5 Å². The van der Waals surface area contributed by atoms with Gasteiger partial charge in [0, 0.05) is 44.0 Å². The molecule has 0 spiro atoms. The van der Waals surface area contributed by atoms with Crippen LogP contribution in [0.25, 0.3) is 0 Å². The van der Waals surface area contributed by atoms with Crippen LogP contribution in [0.3, 0.4) is 0 Å². The minimum atomic E-state index is -0.330. The van der Waals surface area contributed by atoms with Gasteiger partial charge in [0.25, 0.3) is 5.91 Å². The Labute approximate surface area is 208 Å². The highest BCUT2D eigenvalue weighted by molar-refractivity contribution is 5.94. The SMILES string of the molecule is Cc1ccnc(Nc2cc(N3CCN(C(=O)c4cccc(Oc5ccc(F)cc5)c4)CC3)ncn2)c1. The van der Waals surface area contributed by atoms with Crippen molar-refractivity contribution in [2.24, 2.45) is 0 Å². The van der Waals surface area contributed by atoms with E-state index in [2.05, 4.69) is 25.2 Å². The second kappa shape index (κ2) is 10.4. The quantitative estimate of drug-likeness (QED) is 0.420. The third-order valence-electron chi connectivity index (χ3n) is 5.85. The molecule has 0 bridgehead atoms. The van der Waals surface area contributed by atoms with Gasteiger partial charge in [0.2, 0.25) is 0 Å². The van der Waals surface area contributed by atoms with Gasteiger partial charge in [0.05, 0.1) is 0 Å². The molecule has 2 aromatic heterocycles. The highest BCUT2D eigenvalue weighted by atomic mass is 19.1. The molecule has 5 rings (SSSR count). The van der Waals surface area contributed by atoms with E-state index < -0.39 is 0 Å². The maximum Gasteiger partial charge on any atom is 0.254 e. The topological polar surface area (TPSA) is 83.5 Å². The van der Waals surface area contributed by atoms with Gasteiger partial charge in [-0.05, 0) is 67.1 Å². The molecule has 1 aliphatic rings. The molecule has 0 unspecified atom stereocenters. The molecular weight excluding hydrogens is 459 g/mol.